The molecule has 0 unspecified atom stereocenters. The monoisotopic (exact) mass is 455 g/mol. The third-order valence-electron chi connectivity index (χ3n) is 6.17. The fraction of sp³-hybridized carbons (Fsp3) is 0.214. The van der Waals surface area contributed by atoms with Crippen LogP contribution < -0.4 is 10.1 Å². The van der Waals surface area contributed by atoms with E-state index in [-0.39, 0.29) is 11.6 Å². The molecule has 3 heterocycles. The molecule has 0 saturated carbocycles. The van der Waals surface area contributed by atoms with Gasteiger partial charge in [-0.15, -0.1) is 0 Å². The van der Waals surface area contributed by atoms with Gasteiger partial charge in [-0.25, -0.2) is 4.39 Å². The lowest BCUT2D eigenvalue weighted by atomic mass is 9.97. The Morgan fingerprint density at radius 3 is 2.53 bits per heavy atom. The van der Waals surface area contributed by atoms with Crippen LogP contribution in [0.25, 0.3) is 11.3 Å². The average molecular weight is 456 g/mol. The lowest BCUT2D eigenvalue weighted by Gasteiger charge is -2.25. The van der Waals surface area contributed by atoms with Crippen molar-refractivity contribution >= 4 is 5.78 Å². The number of carbonyl (C=O) groups is 1. The number of pyridine rings is 1. The van der Waals surface area contributed by atoms with Crippen molar-refractivity contribution in [3.63, 3.8) is 0 Å². The van der Waals surface area contributed by atoms with E-state index in [1.807, 2.05) is 42.5 Å². The zero-order valence-corrected chi connectivity index (χ0v) is 18.8. The fourth-order valence-corrected chi connectivity index (χ4v) is 4.45. The number of nitrogens with one attached hydrogen (secondary N) is 1. The van der Waals surface area contributed by atoms with Crippen LogP contribution in [0.3, 0.4) is 0 Å². The van der Waals surface area contributed by atoms with Crippen molar-refractivity contribution in [3.05, 3.63) is 102 Å². The van der Waals surface area contributed by atoms with Crippen LogP contribution in [-0.2, 0) is 6.54 Å². The van der Waals surface area contributed by atoms with Crippen molar-refractivity contribution in [1.82, 2.24) is 14.9 Å². The lowest BCUT2D eigenvalue weighted by Crippen LogP contribution is -2.30. The third kappa shape index (κ3) is 4.92. The topological polar surface area (TPSA) is 56.1 Å². The molecule has 2 aromatic heterocycles. The summed E-state index contributed by atoms with van der Waals surface area (Å²) >= 11 is 0. The van der Waals surface area contributed by atoms with E-state index >= 15 is 0 Å². The first-order valence-corrected chi connectivity index (χ1v) is 11.6. The van der Waals surface area contributed by atoms with Crippen LogP contribution in [0, 0.1) is 11.7 Å². The van der Waals surface area contributed by atoms with Gasteiger partial charge in [-0.1, -0.05) is 24.3 Å². The summed E-state index contributed by atoms with van der Waals surface area (Å²) in [6.07, 6.45) is 3.77. The van der Waals surface area contributed by atoms with Gasteiger partial charge >= 0.3 is 0 Å². The van der Waals surface area contributed by atoms with Crippen LogP contribution in [0.15, 0.2) is 85.1 Å². The van der Waals surface area contributed by atoms with E-state index in [0.717, 1.165) is 43.7 Å². The molecule has 1 saturated heterocycles. The van der Waals surface area contributed by atoms with Gasteiger partial charge in [0.15, 0.2) is 0 Å². The second-order valence-electron chi connectivity index (χ2n) is 8.54. The summed E-state index contributed by atoms with van der Waals surface area (Å²) < 4.78 is 21.6. The molecule has 1 N–H and O–H groups in total. The lowest BCUT2D eigenvalue weighted by molar-refractivity contribution is 0.102. The van der Waals surface area contributed by atoms with Crippen LogP contribution >= 0.6 is 0 Å². The highest BCUT2D eigenvalue weighted by Gasteiger charge is 2.22. The highest BCUT2D eigenvalue weighted by atomic mass is 19.1. The molecule has 1 aliphatic heterocycles. The van der Waals surface area contributed by atoms with Crippen LogP contribution in [0.2, 0.25) is 0 Å². The molecular weight excluding hydrogens is 429 g/mol. The molecule has 5 nitrogen and oxygen atoms in total. The molecule has 2 aromatic carbocycles. The van der Waals surface area contributed by atoms with Crippen LogP contribution in [0.4, 0.5) is 4.39 Å². The number of hydrogen-bond acceptors (Lipinski definition) is 4. The van der Waals surface area contributed by atoms with Crippen molar-refractivity contribution in [2.24, 2.45) is 5.92 Å². The maximum absolute atomic E-state index is 13.6. The maximum Gasteiger partial charge on any atom is 0.227 e. The number of aromatic nitrogens is 2. The fourth-order valence-electron chi connectivity index (χ4n) is 4.45. The molecule has 5 rings (SSSR count). The number of ether oxygens (including phenoxy) is 1. The zero-order valence-electron chi connectivity index (χ0n) is 18.8. The quantitative estimate of drug-likeness (QED) is 0.363. The SMILES string of the molecule is O=C(c1ccccn1)c1ccc(-c2cccc(Oc3cccc(F)c3)c2)n1CC1CCNCC1. The first kappa shape index (κ1) is 22.0. The second-order valence-corrected chi connectivity index (χ2v) is 8.54. The van der Waals surface area contributed by atoms with Gasteiger partial charge in [0, 0.05) is 30.1 Å². The van der Waals surface area contributed by atoms with Gasteiger partial charge in [0.2, 0.25) is 5.78 Å². The Morgan fingerprint density at radius 2 is 1.76 bits per heavy atom. The molecule has 172 valence electrons. The molecule has 0 amide bonds. The molecule has 0 atom stereocenters. The van der Waals surface area contributed by atoms with Crippen LogP contribution in [0.1, 0.15) is 29.0 Å². The zero-order chi connectivity index (χ0) is 23.3. The number of ketones is 1. The average Bonchev–Trinajstić information content (AvgIpc) is 3.28. The van der Waals surface area contributed by atoms with E-state index in [2.05, 4.69) is 14.9 Å². The summed E-state index contributed by atoms with van der Waals surface area (Å²) in [5.41, 5.74) is 2.94. The number of halogens is 1. The summed E-state index contributed by atoms with van der Waals surface area (Å²) in [5, 5.41) is 3.41. The van der Waals surface area contributed by atoms with Crippen LogP contribution in [-0.4, -0.2) is 28.4 Å². The number of rotatable bonds is 7. The number of hydrogen-bond donors (Lipinski definition) is 1. The van der Waals surface area contributed by atoms with Crippen molar-refractivity contribution in [2.45, 2.75) is 19.4 Å². The Bertz CT molecular complexity index is 1280. The van der Waals surface area contributed by atoms with E-state index < -0.39 is 0 Å². The molecule has 0 spiro atoms. The maximum atomic E-state index is 13.6. The summed E-state index contributed by atoms with van der Waals surface area (Å²) in [6.45, 7) is 2.73. The van der Waals surface area contributed by atoms with Crippen molar-refractivity contribution < 1.29 is 13.9 Å². The van der Waals surface area contributed by atoms with E-state index in [1.165, 1.54) is 12.1 Å². The molecule has 6 heteroatoms. The van der Waals surface area contributed by atoms with Crippen LogP contribution in [0.5, 0.6) is 11.5 Å². The van der Waals surface area contributed by atoms with E-state index in [9.17, 15) is 9.18 Å². The van der Waals surface area contributed by atoms with E-state index in [1.54, 1.807) is 30.5 Å². The standard InChI is InChI=1S/C28H26FN3O2/c29-22-6-4-8-24(18-22)34-23-7-3-5-21(17-23)26-10-11-27(28(33)25-9-1-2-14-31-25)32(26)19-20-12-15-30-16-13-20/h1-11,14,17-18,20,30H,12-13,15-16,19H2. The van der Waals surface area contributed by atoms with Gasteiger partial charge < -0.3 is 14.6 Å². The Labute approximate surface area is 198 Å². The Morgan fingerprint density at radius 1 is 0.971 bits per heavy atom. The van der Waals surface area contributed by atoms with Gasteiger partial charge in [-0.05, 0) is 80.4 Å². The predicted octanol–water partition coefficient (Wildman–Crippen LogP) is 5.71. The first-order valence-electron chi connectivity index (χ1n) is 11.6. The van der Waals surface area contributed by atoms with Gasteiger partial charge in [0.05, 0.1) is 5.69 Å². The van der Waals surface area contributed by atoms with E-state index in [0.29, 0.717) is 28.8 Å². The Hall–Kier alpha value is -3.77. The second kappa shape index (κ2) is 10.0. The van der Waals surface area contributed by atoms with Crippen molar-refractivity contribution in [3.8, 4) is 22.8 Å². The molecule has 1 fully saturated rings. The van der Waals surface area contributed by atoms with Crippen molar-refractivity contribution in [2.75, 3.05) is 13.1 Å². The summed E-state index contributed by atoms with van der Waals surface area (Å²) in [5.74, 6) is 1.09. The molecule has 4 aromatic rings. The third-order valence-corrected chi connectivity index (χ3v) is 6.17. The molecule has 0 bridgehead atoms. The summed E-state index contributed by atoms with van der Waals surface area (Å²) in [4.78, 5) is 17.6. The van der Waals surface area contributed by atoms with Gasteiger partial charge in [-0.2, -0.15) is 0 Å². The minimum Gasteiger partial charge on any atom is -0.457 e. The Balaban J connectivity index is 1.50. The van der Waals surface area contributed by atoms with Gasteiger partial charge in [-0.3, -0.25) is 9.78 Å². The minimum absolute atomic E-state index is 0.0899. The van der Waals surface area contributed by atoms with E-state index in [4.69, 9.17) is 4.74 Å². The number of carbonyl (C=O) groups excluding carboxylic acids is 1. The Kier molecular flexibility index (Phi) is 6.49. The minimum atomic E-state index is -0.345. The highest BCUT2D eigenvalue weighted by Crippen LogP contribution is 2.31. The van der Waals surface area contributed by atoms with Crippen molar-refractivity contribution in [1.29, 1.82) is 0 Å². The van der Waals surface area contributed by atoms with Gasteiger partial charge in [0.1, 0.15) is 23.0 Å². The normalized spacial score (nSPS) is 14.1. The number of benzene rings is 2. The first-order chi connectivity index (χ1) is 16.7. The summed E-state index contributed by atoms with van der Waals surface area (Å²) in [6, 6.07) is 23.0. The predicted molar refractivity (Wildman–Crippen MR) is 130 cm³/mol. The number of nitrogens with zero attached hydrogens (tertiary/aromatic N) is 2. The van der Waals surface area contributed by atoms with Gasteiger partial charge in [0.25, 0.3) is 0 Å². The number of piperidine rings is 1. The smallest absolute Gasteiger partial charge is 0.227 e. The largest absolute Gasteiger partial charge is 0.457 e. The molecule has 34 heavy (non-hydrogen) atoms. The summed E-state index contributed by atoms with van der Waals surface area (Å²) in [7, 11) is 0. The highest BCUT2D eigenvalue weighted by molar-refractivity contribution is 6.07. The molecule has 0 radical (unpaired) electrons. The molecule has 1 aliphatic rings. The molecule has 0 aliphatic carbocycles. The molecular formula is C28H26FN3O2.